The van der Waals surface area contributed by atoms with Gasteiger partial charge < -0.3 is 10.2 Å². The number of rotatable bonds is 4. The quantitative estimate of drug-likeness (QED) is 0.874. The zero-order chi connectivity index (χ0) is 12.5. The van der Waals surface area contributed by atoms with Crippen LogP contribution in [0.25, 0.3) is 0 Å². The van der Waals surface area contributed by atoms with Crippen molar-refractivity contribution in [2.24, 2.45) is 5.73 Å². The van der Waals surface area contributed by atoms with E-state index in [-0.39, 0.29) is 17.6 Å². The van der Waals surface area contributed by atoms with Gasteiger partial charge in [-0.3, -0.25) is 4.90 Å². The number of furan rings is 1. The summed E-state index contributed by atoms with van der Waals surface area (Å²) >= 11 is 0. The Balaban J connectivity index is 2.28. The van der Waals surface area contributed by atoms with Crippen LogP contribution in [0.4, 0.5) is 0 Å². The molecule has 2 unspecified atom stereocenters. The Hall–Kier alpha value is -0.800. The van der Waals surface area contributed by atoms with Gasteiger partial charge >= 0.3 is 0 Å². The molecule has 2 atom stereocenters. The molecule has 2 rings (SSSR count). The van der Waals surface area contributed by atoms with E-state index >= 15 is 0 Å². The van der Waals surface area contributed by atoms with Crippen molar-refractivity contribution in [1.29, 1.82) is 0 Å². The van der Waals surface area contributed by atoms with Crippen molar-refractivity contribution in [2.45, 2.75) is 57.7 Å². The summed E-state index contributed by atoms with van der Waals surface area (Å²) in [5.74, 6) is 1.01. The van der Waals surface area contributed by atoms with Gasteiger partial charge in [0.25, 0.3) is 0 Å². The van der Waals surface area contributed by atoms with E-state index in [0.29, 0.717) is 0 Å². The second-order valence-electron chi connectivity index (χ2n) is 5.64. The molecule has 3 nitrogen and oxygen atoms in total. The molecule has 1 saturated heterocycles. The van der Waals surface area contributed by atoms with E-state index in [2.05, 4.69) is 31.7 Å². The largest absolute Gasteiger partial charge is 0.468 e. The predicted molar refractivity (Wildman–Crippen MR) is 69.7 cm³/mol. The summed E-state index contributed by atoms with van der Waals surface area (Å²) in [6.45, 7) is 7.87. The highest BCUT2D eigenvalue weighted by Crippen LogP contribution is 2.38. The first kappa shape index (κ1) is 12.7. The average Bonchev–Trinajstić information content (AvgIpc) is 2.90. The van der Waals surface area contributed by atoms with Crippen LogP contribution in [0.5, 0.6) is 0 Å². The van der Waals surface area contributed by atoms with Gasteiger partial charge in [0.1, 0.15) is 5.76 Å². The Labute approximate surface area is 104 Å². The molecule has 0 bridgehead atoms. The normalized spacial score (nSPS) is 23.8. The van der Waals surface area contributed by atoms with Crippen LogP contribution in [0, 0.1) is 0 Å². The van der Waals surface area contributed by atoms with E-state index < -0.39 is 0 Å². The number of hydrogen-bond acceptors (Lipinski definition) is 3. The van der Waals surface area contributed by atoms with Gasteiger partial charge in [0.15, 0.2) is 0 Å². The molecule has 1 aromatic heterocycles. The minimum absolute atomic E-state index is 0.138. The highest BCUT2D eigenvalue weighted by Gasteiger charge is 2.40. The van der Waals surface area contributed by atoms with Gasteiger partial charge in [-0.2, -0.15) is 0 Å². The third-order valence-electron chi connectivity index (χ3n) is 4.01. The first-order valence-corrected chi connectivity index (χ1v) is 6.62. The molecule has 0 radical (unpaired) electrons. The minimum atomic E-state index is 0.138. The smallest absolute Gasteiger partial charge is 0.122 e. The molecular formula is C14H24N2O. The molecule has 2 heterocycles. The Bertz CT molecular complexity index is 345. The Morgan fingerprint density at radius 2 is 2.29 bits per heavy atom. The third kappa shape index (κ3) is 2.40. The minimum Gasteiger partial charge on any atom is -0.468 e. The molecule has 3 heteroatoms. The molecule has 0 amide bonds. The molecule has 1 aromatic rings. The molecule has 17 heavy (non-hydrogen) atoms. The van der Waals surface area contributed by atoms with Gasteiger partial charge in [0, 0.05) is 11.6 Å². The van der Waals surface area contributed by atoms with Crippen molar-refractivity contribution in [1.82, 2.24) is 4.90 Å². The lowest BCUT2D eigenvalue weighted by Crippen LogP contribution is -2.47. The first-order valence-electron chi connectivity index (χ1n) is 6.62. The third-order valence-corrected chi connectivity index (χ3v) is 4.01. The summed E-state index contributed by atoms with van der Waals surface area (Å²) in [6.07, 6.45) is 5.20. The fraction of sp³-hybridized carbons (Fsp3) is 0.714. The van der Waals surface area contributed by atoms with Crippen LogP contribution in [0.2, 0.25) is 0 Å². The molecule has 1 aliphatic heterocycles. The summed E-state index contributed by atoms with van der Waals surface area (Å²) in [5.41, 5.74) is 6.53. The number of nitrogens with two attached hydrogens (primary N) is 1. The van der Waals surface area contributed by atoms with Crippen molar-refractivity contribution in [2.75, 3.05) is 6.54 Å². The lowest BCUT2D eigenvalue weighted by molar-refractivity contribution is 0.0824. The fourth-order valence-corrected chi connectivity index (χ4v) is 2.92. The van der Waals surface area contributed by atoms with E-state index in [1.807, 2.05) is 6.07 Å². The van der Waals surface area contributed by atoms with Crippen LogP contribution in [0.1, 0.15) is 51.8 Å². The lowest BCUT2D eigenvalue weighted by atomic mass is 9.95. The van der Waals surface area contributed by atoms with E-state index in [0.717, 1.165) is 18.7 Å². The van der Waals surface area contributed by atoms with Crippen LogP contribution >= 0.6 is 0 Å². The molecule has 0 spiro atoms. The van der Waals surface area contributed by atoms with E-state index in [1.165, 1.54) is 12.8 Å². The van der Waals surface area contributed by atoms with E-state index in [4.69, 9.17) is 10.2 Å². The zero-order valence-electron chi connectivity index (χ0n) is 11.1. The molecular weight excluding hydrogens is 212 g/mol. The van der Waals surface area contributed by atoms with Crippen LogP contribution in [-0.4, -0.2) is 23.0 Å². The molecule has 0 aliphatic carbocycles. The molecule has 1 aliphatic rings. The highest BCUT2D eigenvalue weighted by atomic mass is 16.3. The van der Waals surface area contributed by atoms with Gasteiger partial charge in [0.2, 0.25) is 0 Å². The summed E-state index contributed by atoms with van der Waals surface area (Å²) in [5, 5.41) is 0. The topological polar surface area (TPSA) is 42.4 Å². The zero-order valence-corrected chi connectivity index (χ0v) is 11.1. The van der Waals surface area contributed by atoms with Crippen LogP contribution in [-0.2, 0) is 0 Å². The van der Waals surface area contributed by atoms with Gasteiger partial charge in [-0.1, -0.05) is 6.92 Å². The summed E-state index contributed by atoms with van der Waals surface area (Å²) < 4.78 is 5.60. The van der Waals surface area contributed by atoms with Gasteiger partial charge in [-0.15, -0.1) is 0 Å². The molecule has 0 saturated carbocycles. The molecule has 1 fully saturated rings. The maximum atomic E-state index is 6.31. The van der Waals surface area contributed by atoms with Crippen molar-refractivity contribution in [3.05, 3.63) is 24.2 Å². The highest BCUT2D eigenvalue weighted by molar-refractivity contribution is 5.10. The van der Waals surface area contributed by atoms with Crippen molar-refractivity contribution in [3.8, 4) is 0 Å². The van der Waals surface area contributed by atoms with Crippen LogP contribution in [0.15, 0.2) is 22.8 Å². The monoisotopic (exact) mass is 236 g/mol. The average molecular weight is 236 g/mol. The number of likely N-dealkylation sites (tertiary alicyclic amines) is 1. The lowest BCUT2D eigenvalue weighted by Gasteiger charge is -2.40. The summed E-state index contributed by atoms with van der Waals surface area (Å²) in [4.78, 5) is 2.51. The number of nitrogens with zero attached hydrogens (tertiary/aromatic N) is 1. The van der Waals surface area contributed by atoms with Crippen LogP contribution in [0.3, 0.4) is 0 Å². The molecule has 96 valence electrons. The van der Waals surface area contributed by atoms with E-state index in [1.54, 1.807) is 6.26 Å². The summed E-state index contributed by atoms with van der Waals surface area (Å²) in [6, 6.07) is 4.36. The Morgan fingerprint density at radius 1 is 1.53 bits per heavy atom. The standard InChI is InChI=1S/C14H24N2O/c1-4-11(15)13(12-7-5-10-17-12)16-9-6-8-14(16,2)3/h5,7,10-11,13H,4,6,8-9,15H2,1-3H3. The Kier molecular flexibility index (Phi) is 3.59. The second-order valence-corrected chi connectivity index (χ2v) is 5.64. The summed E-state index contributed by atoms with van der Waals surface area (Å²) in [7, 11) is 0. The molecule has 2 N–H and O–H groups in total. The van der Waals surface area contributed by atoms with Crippen LogP contribution < -0.4 is 5.73 Å². The van der Waals surface area contributed by atoms with Gasteiger partial charge in [-0.05, 0) is 51.8 Å². The predicted octanol–water partition coefficient (Wildman–Crippen LogP) is 2.93. The SMILES string of the molecule is CCC(N)C(c1ccco1)N1CCCC1(C)C. The van der Waals surface area contributed by atoms with Gasteiger partial charge in [-0.25, -0.2) is 0 Å². The van der Waals surface area contributed by atoms with Crippen molar-refractivity contribution >= 4 is 0 Å². The number of hydrogen-bond donors (Lipinski definition) is 1. The Morgan fingerprint density at radius 3 is 2.76 bits per heavy atom. The van der Waals surface area contributed by atoms with E-state index in [9.17, 15) is 0 Å². The maximum absolute atomic E-state index is 6.31. The first-order chi connectivity index (χ1) is 8.06. The van der Waals surface area contributed by atoms with Crippen molar-refractivity contribution in [3.63, 3.8) is 0 Å². The fourth-order valence-electron chi connectivity index (χ4n) is 2.92. The maximum Gasteiger partial charge on any atom is 0.122 e. The van der Waals surface area contributed by atoms with Crippen molar-refractivity contribution < 1.29 is 4.42 Å². The molecule has 0 aromatic carbocycles. The second kappa shape index (κ2) is 4.83. The van der Waals surface area contributed by atoms with Gasteiger partial charge in [0.05, 0.1) is 12.3 Å².